The molecule has 0 aromatic heterocycles. The van der Waals surface area contributed by atoms with Gasteiger partial charge in [0.1, 0.15) is 0 Å². The molecule has 1 N–H and O–H groups in total. The molecule has 0 radical (unpaired) electrons. The van der Waals surface area contributed by atoms with Crippen LogP contribution in [-0.4, -0.2) is 46.8 Å². The zero-order chi connectivity index (χ0) is 17.0. The number of ether oxygens (including phenoxy) is 2. The van der Waals surface area contributed by atoms with Crippen LogP contribution >= 0.6 is 0 Å². The molecule has 1 aromatic carbocycles. The number of alkyl halides is 3. The molecule has 0 aliphatic heterocycles. The van der Waals surface area contributed by atoms with E-state index in [4.69, 9.17) is 9.47 Å². The Kier molecular flexibility index (Phi) is 6.23. The van der Waals surface area contributed by atoms with Crippen LogP contribution in [0.5, 0.6) is 11.5 Å². The Labute approximate surface area is 141 Å². The number of hydrogen-bond acceptors (Lipinski definition) is 3. The Bertz CT molecular complexity index is 533. The molecule has 3 nitrogen and oxygen atoms in total. The first-order chi connectivity index (χ1) is 10.8. The fraction of sp³-hybridized carbons (Fsp3) is 0.625. The van der Waals surface area contributed by atoms with Crippen LogP contribution in [-0.2, 0) is 6.42 Å². The summed E-state index contributed by atoms with van der Waals surface area (Å²) >= 11 is -1.65. The molecule has 1 aromatic rings. The molecular formula is C16H22F3NO2Se. The summed E-state index contributed by atoms with van der Waals surface area (Å²) in [5.74, 6) is 1.56. The van der Waals surface area contributed by atoms with Gasteiger partial charge in [-0.05, 0) is 0 Å². The van der Waals surface area contributed by atoms with Gasteiger partial charge in [-0.2, -0.15) is 0 Å². The van der Waals surface area contributed by atoms with E-state index in [2.05, 4.69) is 12.2 Å². The van der Waals surface area contributed by atoms with E-state index in [0.717, 1.165) is 18.0 Å². The van der Waals surface area contributed by atoms with Gasteiger partial charge in [-0.1, -0.05) is 0 Å². The van der Waals surface area contributed by atoms with Gasteiger partial charge in [-0.15, -0.1) is 0 Å². The van der Waals surface area contributed by atoms with Crippen molar-refractivity contribution in [3.8, 4) is 11.5 Å². The zero-order valence-corrected chi connectivity index (χ0v) is 15.2. The van der Waals surface area contributed by atoms with Crippen LogP contribution in [0.1, 0.15) is 25.3 Å². The topological polar surface area (TPSA) is 30.5 Å². The van der Waals surface area contributed by atoms with Crippen LogP contribution < -0.4 is 19.3 Å². The molecule has 7 heteroatoms. The predicted octanol–water partition coefficient (Wildman–Crippen LogP) is 2.48. The van der Waals surface area contributed by atoms with Crippen LogP contribution in [0.15, 0.2) is 12.1 Å². The standard InChI is InChI=1S/C16H22F3NO2Se/c1-10(20-9-11-4-5-11)6-12-7-14(22-3)15(8-13(12)21-2)23-16(17,18)19/h7-8,10-11,20H,4-6,9H2,1-3H3. The monoisotopic (exact) mass is 397 g/mol. The molecule has 23 heavy (non-hydrogen) atoms. The molecule has 0 amide bonds. The van der Waals surface area contributed by atoms with Crippen molar-refractivity contribution < 1.29 is 22.6 Å². The van der Waals surface area contributed by atoms with Crippen molar-refractivity contribution in [3.63, 3.8) is 0 Å². The fourth-order valence-electron chi connectivity index (χ4n) is 2.39. The van der Waals surface area contributed by atoms with Gasteiger partial charge in [-0.3, -0.25) is 0 Å². The van der Waals surface area contributed by atoms with E-state index in [1.54, 1.807) is 6.07 Å². The third-order valence-electron chi connectivity index (χ3n) is 3.77. The van der Waals surface area contributed by atoms with Crippen molar-refractivity contribution in [2.75, 3.05) is 20.8 Å². The van der Waals surface area contributed by atoms with Gasteiger partial charge < -0.3 is 0 Å². The molecule has 1 atom stereocenters. The summed E-state index contributed by atoms with van der Waals surface area (Å²) in [7, 11) is 2.88. The number of halogens is 3. The molecule has 0 bridgehead atoms. The Hall–Kier alpha value is -0.911. The molecule has 2 rings (SSSR count). The van der Waals surface area contributed by atoms with Crippen LogP contribution in [0.25, 0.3) is 0 Å². The SMILES string of the molecule is COc1cc([Se]C(F)(F)F)c(OC)cc1CC(C)NCC1CC1. The third kappa shape index (κ3) is 5.90. The first kappa shape index (κ1) is 18.4. The predicted molar refractivity (Wildman–Crippen MR) is 84.9 cm³/mol. The average Bonchev–Trinajstić information content (AvgIpc) is 3.28. The van der Waals surface area contributed by atoms with Gasteiger partial charge in [0.15, 0.2) is 0 Å². The van der Waals surface area contributed by atoms with E-state index >= 15 is 0 Å². The number of hydrogen-bond donors (Lipinski definition) is 1. The summed E-state index contributed by atoms with van der Waals surface area (Å²) in [5.41, 5.74) is 0.863. The molecule has 1 aliphatic rings. The maximum atomic E-state index is 12.7. The molecular weight excluding hydrogens is 374 g/mol. The van der Waals surface area contributed by atoms with Crippen molar-refractivity contribution in [3.05, 3.63) is 17.7 Å². The van der Waals surface area contributed by atoms with Crippen molar-refractivity contribution in [2.24, 2.45) is 5.92 Å². The Morgan fingerprint density at radius 1 is 1.22 bits per heavy atom. The van der Waals surface area contributed by atoms with Crippen molar-refractivity contribution in [1.29, 1.82) is 0 Å². The second-order valence-electron chi connectivity index (χ2n) is 5.82. The van der Waals surface area contributed by atoms with Crippen LogP contribution in [0, 0.1) is 5.92 Å². The molecule has 1 unspecified atom stereocenters. The summed E-state index contributed by atoms with van der Waals surface area (Å²) in [6.45, 7) is 3.07. The second kappa shape index (κ2) is 7.77. The molecule has 1 saturated carbocycles. The molecule has 0 heterocycles. The molecule has 1 aliphatic carbocycles. The summed E-state index contributed by atoms with van der Waals surface area (Å²) < 4.78 is 48.7. The van der Waals surface area contributed by atoms with Gasteiger partial charge >= 0.3 is 141 Å². The van der Waals surface area contributed by atoms with Crippen LogP contribution in [0.2, 0.25) is 0 Å². The Morgan fingerprint density at radius 3 is 2.39 bits per heavy atom. The normalized spacial score (nSPS) is 16.3. The minimum absolute atomic E-state index is 0.159. The number of nitrogens with one attached hydrogen (secondary N) is 1. The van der Waals surface area contributed by atoms with E-state index in [9.17, 15) is 13.2 Å². The van der Waals surface area contributed by atoms with Gasteiger partial charge in [0, 0.05) is 0 Å². The van der Waals surface area contributed by atoms with Crippen molar-refractivity contribution in [2.45, 2.75) is 37.3 Å². The third-order valence-corrected chi connectivity index (χ3v) is 5.39. The summed E-state index contributed by atoms with van der Waals surface area (Å²) in [6, 6.07) is 3.37. The first-order valence-electron chi connectivity index (χ1n) is 7.56. The van der Waals surface area contributed by atoms with E-state index in [-0.39, 0.29) is 16.3 Å². The van der Waals surface area contributed by atoms with Gasteiger partial charge in [-0.25, -0.2) is 0 Å². The van der Waals surface area contributed by atoms with E-state index in [1.807, 2.05) is 0 Å². The van der Waals surface area contributed by atoms with Crippen LogP contribution in [0.4, 0.5) is 13.2 Å². The quantitative estimate of drug-likeness (QED) is 0.685. The second-order valence-corrected chi connectivity index (χ2v) is 8.14. The summed E-state index contributed by atoms with van der Waals surface area (Å²) in [5, 5.41) is -0.754. The zero-order valence-electron chi connectivity index (χ0n) is 13.5. The van der Waals surface area contributed by atoms with E-state index in [0.29, 0.717) is 12.2 Å². The van der Waals surface area contributed by atoms with E-state index in [1.165, 1.54) is 33.1 Å². The van der Waals surface area contributed by atoms with Crippen molar-refractivity contribution >= 4 is 19.4 Å². The Balaban J connectivity index is 2.13. The first-order valence-corrected chi connectivity index (χ1v) is 9.27. The van der Waals surface area contributed by atoms with Gasteiger partial charge in [0.25, 0.3) is 0 Å². The van der Waals surface area contributed by atoms with Crippen molar-refractivity contribution in [1.82, 2.24) is 5.32 Å². The summed E-state index contributed by atoms with van der Waals surface area (Å²) in [6.07, 6.45) is 3.25. The molecule has 0 spiro atoms. The van der Waals surface area contributed by atoms with Gasteiger partial charge in [0.2, 0.25) is 0 Å². The number of rotatable bonds is 8. The number of methoxy groups -OCH3 is 2. The van der Waals surface area contributed by atoms with E-state index < -0.39 is 20.0 Å². The average molecular weight is 396 g/mol. The number of benzene rings is 1. The summed E-state index contributed by atoms with van der Waals surface area (Å²) in [4.78, 5) is 0. The fourth-order valence-corrected chi connectivity index (χ4v) is 3.77. The molecule has 130 valence electrons. The maximum absolute atomic E-state index is 12.7. The Morgan fingerprint density at radius 2 is 1.87 bits per heavy atom. The van der Waals surface area contributed by atoms with Gasteiger partial charge in [0.05, 0.1) is 0 Å². The minimum atomic E-state index is -4.22. The molecule has 1 fully saturated rings. The molecule has 0 saturated heterocycles. The van der Waals surface area contributed by atoms with Crippen LogP contribution in [0.3, 0.4) is 0 Å².